The Labute approximate surface area is 123 Å². The number of nitrogens with zero attached hydrogens (tertiary/aromatic N) is 1. The Kier molecular flexibility index (Phi) is 4.56. The van der Waals surface area contributed by atoms with E-state index < -0.39 is 0 Å². The highest BCUT2D eigenvalue weighted by Gasteiger charge is 2.32. The second-order valence-electron chi connectivity index (χ2n) is 7.16. The maximum Gasteiger partial charge on any atom is 0.237 e. The van der Waals surface area contributed by atoms with Gasteiger partial charge in [0.1, 0.15) is 0 Å². The fraction of sp³-hybridized carbons (Fsp3) is 0.706. The highest BCUT2D eigenvalue weighted by atomic mass is 16.5. The smallest absolute Gasteiger partial charge is 0.237 e. The second kappa shape index (κ2) is 6.02. The number of hydrogen-bond acceptors (Lipinski definition) is 3. The fourth-order valence-corrected chi connectivity index (χ4v) is 3.18. The van der Waals surface area contributed by atoms with Crippen LogP contribution >= 0.6 is 0 Å². The van der Waals surface area contributed by atoms with Gasteiger partial charge in [0.25, 0.3) is 0 Å². The molecule has 0 bridgehead atoms. The van der Waals surface area contributed by atoms with Crippen molar-refractivity contribution in [2.75, 3.05) is 5.32 Å². The first-order valence-corrected chi connectivity index (χ1v) is 7.75. The van der Waals surface area contributed by atoms with Gasteiger partial charge in [-0.05, 0) is 56.6 Å². The van der Waals surface area contributed by atoms with E-state index in [9.17, 15) is 0 Å². The number of anilines is 1. The Morgan fingerprint density at radius 2 is 2.15 bits per heavy atom. The summed E-state index contributed by atoms with van der Waals surface area (Å²) in [6.45, 7) is 11.2. The molecule has 0 aliphatic heterocycles. The molecule has 1 aromatic rings. The van der Waals surface area contributed by atoms with Crippen LogP contribution in [0.3, 0.4) is 0 Å². The molecule has 0 spiro atoms. The van der Waals surface area contributed by atoms with Crippen LogP contribution < -0.4 is 10.1 Å². The van der Waals surface area contributed by atoms with Crippen molar-refractivity contribution in [2.24, 2.45) is 11.3 Å². The Balaban J connectivity index is 2.07. The van der Waals surface area contributed by atoms with Crippen LogP contribution in [0, 0.1) is 11.3 Å². The van der Waals surface area contributed by atoms with Crippen LogP contribution in [0.15, 0.2) is 18.3 Å². The van der Waals surface area contributed by atoms with Gasteiger partial charge in [-0.25, -0.2) is 4.98 Å². The largest absolute Gasteiger partial charge is 0.473 e. The van der Waals surface area contributed by atoms with Crippen molar-refractivity contribution < 1.29 is 4.74 Å². The molecule has 0 aromatic carbocycles. The summed E-state index contributed by atoms with van der Waals surface area (Å²) >= 11 is 0. The molecule has 1 aliphatic carbocycles. The molecule has 20 heavy (non-hydrogen) atoms. The summed E-state index contributed by atoms with van der Waals surface area (Å²) < 4.78 is 5.79. The van der Waals surface area contributed by atoms with Crippen LogP contribution in [0.2, 0.25) is 0 Å². The van der Waals surface area contributed by atoms with Crippen molar-refractivity contribution in [3.05, 3.63) is 18.3 Å². The Bertz CT molecular complexity index is 442. The number of rotatable bonds is 4. The van der Waals surface area contributed by atoms with Crippen molar-refractivity contribution in [1.82, 2.24) is 4.98 Å². The maximum atomic E-state index is 5.79. The molecule has 112 valence electrons. The molecule has 1 heterocycles. The normalized spacial score (nSPS) is 25.5. The predicted molar refractivity (Wildman–Crippen MR) is 84.2 cm³/mol. The van der Waals surface area contributed by atoms with Crippen LogP contribution in [-0.4, -0.2) is 17.1 Å². The SMILES string of the molecule is CC(C)Oc1ncccc1NC1CCC(C)(C)CC1C. The summed E-state index contributed by atoms with van der Waals surface area (Å²) in [6, 6.07) is 4.55. The summed E-state index contributed by atoms with van der Waals surface area (Å²) in [5, 5.41) is 3.65. The monoisotopic (exact) mass is 276 g/mol. The van der Waals surface area contributed by atoms with Gasteiger partial charge in [-0.3, -0.25) is 0 Å². The summed E-state index contributed by atoms with van der Waals surface area (Å²) in [4.78, 5) is 4.35. The number of aromatic nitrogens is 1. The topological polar surface area (TPSA) is 34.1 Å². The van der Waals surface area contributed by atoms with E-state index in [4.69, 9.17) is 4.74 Å². The zero-order valence-electron chi connectivity index (χ0n) is 13.4. The van der Waals surface area contributed by atoms with Gasteiger partial charge in [-0.2, -0.15) is 0 Å². The van der Waals surface area contributed by atoms with Crippen LogP contribution in [0.4, 0.5) is 5.69 Å². The molecule has 1 aromatic heterocycles. The van der Waals surface area contributed by atoms with Crippen molar-refractivity contribution in [3.63, 3.8) is 0 Å². The van der Waals surface area contributed by atoms with E-state index >= 15 is 0 Å². The quantitative estimate of drug-likeness (QED) is 0.879. The molecular weight excluding hydrogens is 248 g/mol. The fourth-order valence-electron chi connectivity index (χ4n) is 3.18. The summed E-state index contributed by atoms with van der Waals surface area (Å²) in [5.74, 6) is 1.39. The molecule has 1 N–H and O–H groups in total. The van der Waals surface area contributed by atoms with E-state index in [1.807, 2.05) is 19.9 Å². The van der Waals surface area contributed by atoms with Crippen molar-refractivity contribution in [1.29, 1.82) is 0 Å². The lowest BCUT2D eigenvalue weighted by molar-refractivity contribution is 0.176. The molecule has 0 radical (unpaired) electrons. The van der Waals surface area contributed by atoms with E-state index in [-0.39, 0.29) is 6.10 Å². The number of ether oxygens (including phenoxy) is 1. The van der Waals surface area contributed by atoms with Crippen LogP contribution in [0.5, 0.6) is 5.88 Å². The molecule has 3 heteroatoms. The number of hydrogen-bond donors (Lipinski definition) is 1. The minimum atomic E-state index is 0.146. The van der Waals surface area contributed by atoms with Crippen LogP contribution in [0.1, 0.15) is 53.9 Å². The first-order chi connectivity index (χ1) is 9.37. The third-order valence-corrected chi connectivity index (χ3v) is 4.15. The van der Waals surface area contributed by atoms with Crippen molar-refractivity contribution in [3.8, 4) is 5.88 Å². The molecule has 1 saturated carbocycles. The van der Waals surface area contributed by atoms with E-state index in [1.54, 1.807) is 6.20 Å². The lowest BCUT2D eigenvalue weighted by atomic mass is 9.70. The van der Waals surface area contributed by atoms with Crippen LogP contribution in [0.25, 0.3) is 0 Å². The molecule has 2 atom stereocenters. The minimum Gasteiger partial charge on any atom is -0.473 e. The lowest BCUT2D eigenvalue weighted by Crippen LogP contribution is -2.37. The molecule has 0 amide bonds. The molecular formula is C17H28N2O. The predicted octanol–water partition coefficient (Wildman–Crippen LogP) is 4.50. The van der Waals surface area contributed by atoms with Gasteiger partial charge >= 0.3 is 0 Å². The van der Waals surface area contributed by atoms with E-state index in [0.717, 1.165) is 11.6 Å². The molecule has 1 aliphatic rings. The first-order valence-electron chi connectivity index (χ1n) is 7.75. The standard InChI is InChI=1S/C17H28N2O/c1-12(2)20-16-15(7-6-10-18-16)19-14-8-9-17(4,5)11-13(14)3/h6-7,10,12-14,19H,8-9,11H2,1-5H3. The minimum absolute atomic E-state index is 0.146. The van der Waals surface area contributed by atoms with Crippen molar-refractivity contribution in [2.45, 2.75) is 66.0 Å². The highest BCUT2D eigenvalue weighted by molar-refractivity contribution is 5.53. The van der Waals surface area contributed by atoms with E-state index in [0.29, 0.717) is 17.4 Å². The number of pyridine rings is 1. The number of nitrogens with one attached hydrogen (secondary N) is 1. The lowest BCUT2D eigenvalue weighted by Gasteiger charge is -2.40. The van der Waals surface area contributed by atoms with E-state index in [1.165, 1.54) is 19.3 Å². The van der Waals surface area contributed by atoms with Gasteiger partial charge in [0, 0.05) is 12.2 Å². The third kappa shape index (κ3) is 3.87. The van der Waals surface area contributed by atoms with Gasteiger partial charge in [0.05, 0.1) is 11.8 Å². The zero-order valence-corrected chi connectivity index (χ0v) is 13.4. The molecule has 2 unspecified atom stereocenters. The maximum absolute atomic E-state index is 5.79. The highest BCUT2D eigenvalue weighted by Crippen LogP contribution is 2.40. The van der Waals surface area contributed by atoms with Gasteiger partial charge in [-0.15, -0.1) is 0 Å². The zero-order chi connectivity index (χ0) is 14.8. The third-order valence-electron chi connectivity index (χ3n) is 4.15. The Morgan fingerprint density at radius 3 is 2.80 bits per heavy atom. The van der Waals surface area contributed by atoms with Crippen molar-refractivity contribution >= 4 is 5.69 Å². The summed E-state index contributed by atoms with van der Waals surface area (Å²) in [7, 11) is 0. The average molecular weight is 276 g/mol. The van der Waals surface area contributed by atoms with E-state index in [2.05, 4.69) is 37.1 Å². The Morgan fingerprint density at radius 1 is 1.40 bits per heavy atom. The molecule has 3 nitrogen and oxygen atoms in total. The van der Waals surface area contributed by atoms with Gasteiger partial charge < -0.3 is 10.1 Å². The molecule has 0 saturated heterocycles. The molecule has 2 rings (SSSR count). The van der Waals surface area contributed by atoms with Gasteiger partial charge in [0.2, 0.25) is 5.88 Å². The second-order valence-corrected chi connectivity index (χ2v) is 7.16. The van der Waals surface area contributed by atoms with Gasteiger partial charge in [-0.1, -0.05) is 20.8 Å². The Hall–Kier alpha value is -1.25. The average Bonchev–Trinajstić information content (AvgIpc) is 2.33. The van der Waals surface area contributed by atoms with Gasteiger partial charge in [0.15, 0.2) is 0 Å². The molecule has 1 fully saturated rings. The van der Waals surface area contributed by atoms with Crippen LogP contribution in [-0.2, 0) is 0 Å². The first kappa shape index (κ1) is 15.1. The summed E-state index contributed by atoms with van der Waals surface area (Å²) in [5.41, 5.74) is 1.50. The summed E-state index contributed by atoms with van der Waals surface area (Å²) in [6.07, 6.45) is 5.69.